The van der Waals surface area contributed by atoms with Crippen LogP contribution >= 0.6 is 0 Å². The van der Waals surface area contributed by atoms with Crippen LogP contribution in [0.1, 0.15) is 50.1 Å². The first-order valence-corrected chi connectivity index (χ1v) is 8.88. The Kier molecular flexibility index (Phi) is 5.16. The molecule has 0 aliphatic heterocycles. The van der Waals surface area contributed by atoms with Gasteiger partial charge in [-0.3, -0.25) is 4.21 Å². The van der Waals surface area contributed by atoms with Gasteiger partial charge in [0.25, 0.3) is 0 Å². The quantitative estimate of drug-likeness (QED) is 0.842. The summed E-state index contributed by atoms with van der Waals surface area (Å²) >= 11 is 0. The number of aryl methyl sites for hydroxylation is 3. The van der Waals surface area contributed by atoms with Gasteiger partial charge in [0.1, 0.15) is 0 Å². The van der Waals surface area contributed by atoms with Crippen molar-refractivity contribution in [1.29, 1.82) is 0 Å². The predicted molar refractivity (Wildman–Crippen MR) is 88.5 cm³/mol. The maximum atomic E-state index is 12.6. The molecule has 0 aliphatic rings. The lowest BCUT2D eigenvalue weighted by Gasteiger charge is -2.20. The fourth-order valence-electron chi connectivity index (χ4n) is 2.21. The molecule has 0 fully saturated rings. The second-order valence-corrected chi connectivity index (χ2v) is 8.14. The first kappa shape index (κ1) is 16.9. The van der Waals surface area contributed by atoms with Crippen LogP contribution in [0.25, 0.3) is 0 Å². The van der Waals surface area contributed by atoms with Crippen LogP contribution in [0.3, 0.4) is 0 Å². The van der Waals surface area contributed by atoms with Gasteiger partial charge in [-0.05, 0) is 36.0 Å². The van der Waals surface area contributed by atoms with Gasteiger partial charge in [0, 0.05) is 24.0 Å². The fourth-order valence-corrected chi connectivity index (χ4v) is 3.53. The van der Waals surface area contributed by atoms with Gasteiger partial charge >= 0.3 is 0 Å². The lowest BCUT2D eigenvalue weighted by Crippen LogP contribution is -2.12. The highest BCUT2D eigenvalue weighted by Crippen LogP contribution is 2.26. The minimum Gasteiger partial charge on any atom is -0.426 e. The van der Waals surface area contributed by atoms with E-state index >= 15 is 0 Å². The summed E-state index contributed by atoms with van der Waals surface area (Å²) in [5.41, 5.74) is 2.36. The smallest absolute Gasteiger partial charge is 0.216 e. The summed E-state index contributed by atoms with van der Waals surface area (Å²) in [6, 6.07) is 6.27. The first-order valence-electron chi connectivity index (χ1n) is 7.56. The van der Waals surface area contributed by atoms with Crippen molar-refractivity contribution >= 4 is 10.8 Å². The van der Waals surface area contributed by atoms with Gasteiger partial charge in [-0.2, -0.15) is 0 Å². The molecule has 22 heavy (non-hydrogen) atoms. The van der Waals surface area contributed by atoms with E-state index in [-0.39, 0.29) is 5.41 Å². The van der Waals surface area contributed by atoms with Gasteiger partial charge in [-0.1, -0.05) is 32.9 Å². The Labute approximate surface area is 134 Å². The molecule has 0 unspecified atom stereocenters. The highest BCUT2D eigenvalue weighted by molar-refractivity contribution is 7.85. The van der Waals surface area contributed by atoms with E-state index < -0.39 is 10.8 Å². The van der Waals surface area contributed by atoms with E-state index in [4.69, 9.17) is 4.42 Å². The molecule has 0 N–H and O–H groups in total. The van der Waals surface area contributed by atoms with E-state index in [1.54, 1.807) is 6.92 Å². The van der Waals surface area contributed by atoms with Crippen LogP contribution in [0.2, 0.25) is 0 Å². The van der Waals surface area contributed by atoms with Gasteiger partial charge in [0.05, 0.1) is 10.8 Å². The lowest BCUT2D eigenvalue weighted by atomic mass is 9.87. The minimum absolute atomic E-state index is 0.0634. The van der Waals surface area contributed by atoms with Crippen molar-refractivity contribution in [1.82, 2.24) is 10.2 Å². The van der Waals surface area contributed by atoms with Crippen molar-refractivity contribution in [2.45, 2.75) is 57.8 Å². The zero-order valence-corrected chi connectivity index (χ0v) is 14.8. The average Bonchev–Trinajstić information content (AvgIpc) is 2.83. The second kappa shape index (κ2) is 6.73. The number of nitrogens with zero attached hydrogens (tertiary/aromatic N) is 2. The molecule has 0 spiro atoms. The van der Waals surface area contributed by atoms with Gasteiger partial charge in [-0.15, -0.1) is 10.2 Å². The van der Waals surface area contributed by atoms with Gasteiger partial charge in [0.15, 0.2) is 0 Å². The molecule has 120 valence electrons. The lowest BCUT2D eigenvalue weighted by molar-refractivity contribution is 0.465. The summed E-state index contributed by atoms with van der Waals surface area (Å²) in [5, 5.41) is 7.77. The molecule has 1 aromatic heterocycles. The van der Waals surface area contributed by atoms with E-state index in [9.17, 15) is 4.21 Å². The maximum Gasteiger partial charge on any atom is 0.216 e. The fraction of sp³-hybridized carbons (Fsp3) is 0.529. The summed E-state index contributed by atoms with van der Waals surface area (Å²) in [4.78, 5) is 0.939. The van der Waals surface area contributed by atoms with Crippen molar-refractivity contribution < 1.29 is 8.63 Å². The third-order valence-corrected chi connectivity index (χ3v) is 5.18. The first-order chi connectivity index (χ1) is 10.3. The molecule has 0 amide bonds. The second-order valence-electron chi connectivity index (χ2n) is 6.60. The summed E-state index contributed by atoms with van der Waals surface area (Å²) in [6.45, 7) is 10.3. The Morgan fingerprint density at radius 2 is 1.91 bits per heavy atom. The highest BCUT2D eigenvalue weighted by Gasteiger charge is 2.17. The van der Waals surface area contributed by atoms with E-state index in [1.165, 1.54) is 5.56 Å². The summed E-state index contributed by atoms with van der Waals surface area (Å²) in [6.07, 6.45) is 1.44. The van der Waals surface area contributed by atoms with Crippen LogP contribution in [0.15, 0.2) is 27.5 Å². The molecule has 1 heterocycles. The molecule has 4 nitrogen and oxygen atoms in total. The Morgan fingerprint density at radius 1 is 1.18 bits per heavy atom. The molecule has 0 saturated heterocycles. The standard InChI is InChI=1S/C17H24N2O2S/c1-12-8-9-14(17(3,4)5)11-15(12)22(20)10-6-7-16-19-18-13(2)21-16/h8-9,11H,6-7,10H2,1-5H3/t22-/m1/s1. The largest absolute Gasteiger partial charge is 0.426 e. The Hall–Kier alpha value is -1.49. The molecule has 0 aliphatic carbocycles. The van der Waals surface area contributed by atoms with Crippen LogP contribution in [-0.4, -0.2) is 20.2 Å². The van der Waals surface area contributed by atoms with E-state index in [2.05, 4.69) is 49.2 Å². The van der Waals surface area contributed by atoms with Crippen molar-refractivity contribution in [3.8, 4) is 0 Å². The molecular formula is C17H24N2O2S. The molecule has 2 aromatic rings. The molecule has 0 bridgehead atoms. The summed E-state index contributed by atoms with van der Waals surface area (Å²) in [5.74, 6) is 1.80. The molecule has 0 saturated carbocycles. The van der Waals surface area contributed by atoms with Crippen LogP contribution in [-0.2, 0) is 22.6 Å². The SMILES string of the molecule is Cc1nnc(CCC[S@@](=O)c2cc(C(C)(C)C)ccc2C)o1. The van der Waals surface area contributed by atoms with Crippen LogP contribution in [0.5, 0.6) is 0 Å². The zero-order valence-electron chi connectivity index (χ0n) is 14.0. The molecular weight excluding hydrogens is 296 g/mol. The van der Waals surface area contributed by atoms with E-state index in [1.807, 2.05) is 6.92 Å². The molecule has 1 atom stereocenters. The third kappa shape index (κ3) is 4.26. The van der Waals surface area contributed by atoms with Gasteiger partial charge in [0.2, 0.25) is 11.8 Å². The Balaban J connectivity index is 2.02. The number of benzene rings is 1. The Morgan fingerprint density at radius 3 is 2.50 bits per heavy atom. The molecule has 1 aromatic carbocycles. The number of rotatable bonds is 5. The molecule has 0 radical (unpaired) electrons. The van der Waals surface area contributed by atoms with Crippen molar-refractivity contribution in [2.75, 3.05) is 5.75 Å². The van der Waals surface area contributed by atoms with Crippen LogP contribution in [0.4, 0.5) is 0 Å². The summed E-state index contributed by atoms with van der Waals surface area (Å²) in [7, 11) is -0.997. The van der Waals surface area contributed by atoms with Crippen molar-refractivity contribution in [3.05, 3.63) is 41.1 Å². The minimum atomic E-state index is -0.997. The van der Waals surface area contributed by atoms with Gasteiger partial charge in [-0.25, -0.2) is 0 Å². The Bertz CT molecular complexity index is 672. The molecule has 2 rings (SSSR count). The van der Waals surface area contributed by atoms with E-state index in [0.717, 1.165) is 16.9 Å². The normalized spacial score (nSPS) is 13.3. The topological polar surface area (TPSA) is 56.0 Å². The predicted octanol–water partition coefficient (Wildman–Crippen LogP) is 3.72. The van der Waals surface area contributed by atoms with Crippen LogP contribution in [0, 0.1) is 13.8 Å². The maximum absolute atomic E-state index is 12.6. The van der Waals surface area contributed by atoms with Crippen molar-refractivity contribution in [3.63, 3.8) is 0 Å². The number of hydrogen-bond donors (Lipinski definition) is 0. The number of hydrogen-bond acceptors (Lipinski definition) is 4. The van der Waals surface area contributed by atoms with Gasteiger partial charge < -0.3 is 4.42 Å². The van der Waals surface area contributed by atoms with Crippen LogP contribution < -0.4 is 0 Å². The monoisotopic (exact) mass is 320 g/mol. The third-order valence-electron chi connectivity index (χ3n) is 3.59. The number of aromatic nitrogens is 2. The average molecular weight is 320 g/mol. The van der Waals surface area contributed by atoms with E-state index in [0.29, 0.717) is 24.0 Å². The molecule has 5 heteroatoms. The highest BCUT2D eigenvalue weighted by atomic mass is 32.2. The zero-order chi connectivity index (χ0) is 16.3. The van der Waals surface area contributed by atoms with Crippen molar-refractivity contribution in [2.24, 2.45) is 0 Å². The summed E-state index contributed by atoms with van der Waals surface area (Å²) < 4.78 is 17.9.